The number of carbonyl (C=O) groups is 2. The summed E-state index contributed by atoms with van der Waals surface area (Å²) in [5.74, 6) is -0.327. The molecule has 1 aromatic rings. The van der Waals surface area contributed by atoms with Crippen LogP contribution in [0.2, 0.25) is 0 Å². The first-order chi connectivity index (χ1) is 9.58. The van der Waals surface area contributed by atoms with Crippen LogP contribution in [0.3, 0.4) is 0 Å². The molecule has 0 aliphatic heterocycles. The molecule has 110 valence electrons. The number of ether oxygens (including phenoxy) is 1. The van der Waals surface area contributed by atoms with Crippen molar-refractivity contribution in [3.8, 4) is 5.75 Å². The molecule has 0 saturated heterocycles. The fourth-order valence-corrected chi connectivity index (χ4v) is 1.73. The van der Waals surface area contributed by atoms with Crippen LogP contribution in [-0.2, 0) is 4.79 Å². The Morgan fingerprint density at radius 3 is 2.35 bits per heavy atom. The summed E-state index contributed by atoms with van der Waals surface area (Å²) < 4.78 is 5.45. The summed E-state index contributed by atoms with van der Waals surface area (Å²) in [6.07, 6.45) is 0.886. The molecule has 5 nitrogen and oxygen atoms in total. The summed E-state index contributed by atoms with van der Waals surface area (Å²) >= 11 is 0. The Morgan fingerprint density at radius 2 is 1.85 bits per heavy atom. The van der Waals surface area contributed by atoms with Crippen LogP contribution in [0.1, 0.15) is 37.0 Å². The summed E-state index contributed by atoms with van der Waals surface area (Å²) in [5, 5.41) is 8.67. The normalized spacial score (nSPS) is 10.1. The van der Waals surface area contributed by atoms with E-state index in [2.05, 4.69) is 0 Å². The number of carbonyl (C=O) groups excluding carboxylic acids is 1. The number of carboxylic acids is 1. The highest BCUT2D eigenvalue weighted by atomic mass is 16.5. The number of amides is 1. The van der Waals surface area contributed by atoms with Crippen LogP contribution in [0.4, 0.5) is 0 Å². The number of hydrogen-bond acceptors (Lipinski definition) is 3. The minimum absolute atomic E-state index is 0.0444. The van der Waals surface area contributed by atoms with Gasteiger partial charge < -0.3 is 14.7 Å². The minimum atomic E-state index is -0.903. The molecule has 1 rings (SSSR count). The molecule has 0 unspecified atom stereocenters. The van der Waals surface area contributed by atoms with Gasteiger partial charge in [0.25, 0.3) is 5.91 Å². The lowest BCUT2D eigenvalue weighted by Crippen LogP contribution is -2.32. The minimum Gasteiger partial charge on any atom is -0.494 e. The highest BCUT2D eigenvalue weighted by molar-refractivity contribution is 5.94. The number of nitrogens with zero attached hydrogens (tertiary/aromatic N) is 1. The smallest absolute Gasteiger partial charge is 0.305 e. The van der Waals surface area contributed by atoms with Gasteiger partial charge in [-0.2, -0.15) is 0 Å². The van der Waals surface area contributed by atoms with Gasteiger partial charge in [-0.3, -0.25) is 9.59 Å². The average Bonchev–Trinajstić information content (AvgIpc) is 2.45. The molecule has 20 heavy (non-hydrogen) atoms. The Balaban J connectivity index is 2.67. The summed E-state index contributed by atoms with van der Waals surface area (Å²) in [7, 11) is 0. The third-order valence-electron chi connectivity index (χ3n) is 2.84. The van der Waals surface area contributed by atoms with Gasteiger partial charge in [-0.15, -0.1) is 0 Å². The number of hydrogen-bond donors (Lipinski definition) is 1. The van der Waals surface area contributed by atoms with E-state index in [1.807, 2.05) is 13.8 Å². The van der Waals surface area contributed by atoms with Crippen molar-refractivity contribution >= 4 is 11.9 Å². The van der Waals surface area contributed by atoms with Crippen LogP contribution in [0, 0.1) is 0 Å². The lowest BCUT2D eigenvalue weighted by atomic mass is 10.2. The van der Waals surface area contributed by atoms with Gasteiger partial charge in [0.1, 0.15) is 5.75 Å². The predicted molar refractivity (Wildman–Crippen MR) is 76.1 cm³/mol. The monoisotopic (exact) mass is 279 g/mol. The van der Waals surface area contributed by atoms with E-state index in [1.165, 1.54) is 4.90 Å². The molecule has 1 N–H and O–H groups in total. The van der Waals surface area contributed by atoms with E-state index in [1.54, 1.807) is 24.3 Å². The molecule has 0 aromatic heterocycles. The molecule has 0 heterocycles. The van der Waals surface area contributed by atoms with E-state index in [9.17, 15) is 9.59 Å². The van der Waals surface area contributed by atoms with E-state index < -0.39 is 5.97 Å². The summed E-state index contributed by atoms with van der Waals surface area (Å²) in [6, 6.07) is 6.93. The molecule has 0 fully saturated rings. The zero-order valence-electron chi connectivity index (χ0n) is 12.0. The number of benzene rings is 1. The summed E-state index contributed by atoms with van der Waals surface area (Å²) in [6.45, 7) is 5.21. The van der Waals surface area contributed by atoms with E-state index in [-0.39, 0.29) is 18.9 Å². The maximum absolute atomic E-state index is 12.2. The van der Waals surface area contributed by atoms with Crippen molar-refractivity contribution in [3.63, 3.8) is 0 Å². The first kappa shape index (κ1) is 16.0. The van der Waals surface area contributed by atoms with Gasteiger partial charge in [0, 0.05) is 18.7 Å². The van der Waals surface area contributed by atoms with Crippen molar-refractivity contribution in [1.82, 2.24) is 4.90 Å². The zero-order valence-corrected chi connectivity index (χ0v) is 12.0. The van der Waals surface area contributed by atoms with Crippen molar-refractivity contribution in [3.05, 3.63) is 29.8 Å². The van der Waals surface area contributed by atoms with Crippen LogP contribution in [0.5, 0.6) is 5.75 Å². The Bertz CT molecular complexity index is 442. The maximum Gasteiger partial charge on any atom is 0.305 e. The summed E-state index contributed by atoms with van der Waals surface area (Å²) in [5.41, 5.74) is 0.543. The van der Waals surface area contributed by atoms with Crippen LogP contribution in [0.15, 0.2) is 24.3 Å². The molecule has 0 saturated carbocycles. The standard InChI is InChI=1S/C15H21NO4/c1-3-11-20-13-7-5-12(6-8-13)15(19)16(4-2)10-9-14(17)18/h5-8H,3-4,9-11H2,1-2H3,(H,17,18). The van der Waals surface area contributed by atoms with Gasteiger partial charge in [-0.1, -0.05) is 6.92 Å². The third-order valence-corrected chi connectivity index (χ3v) is 2.84. The lowest BCUT2D eigenvalue weighted by molar-refractivity contribution is -0.137. The SMILES string of the molecule is CCCOc1ccc(C(=O)N(CC)CCC(=O)O)cc1. The number of rotatable bonds is 8. The van der Waals surface area contributed by atoms with Gasteiger partial charge in [0.15, 0.2) is 0 Å². The van der Waals surface area contributed by atoms with E-state index >= 15 is 0 Å². The Hall–Kier alpha value is -2.04. The summed E-state index contributed by atoms with van der Waals surface area (Å²) in [4.78, 5) is 24.3. The second-order valence-corrected chi connectivity index (χ2v) is 4.40. The van der Waals surface area contributed by atoms with Gasteiger partial charge in [0.05, 0.1) is 13.0 Å². The molecule has 5 heteroatoms. The van der Waals surface area contributed by atoms with Crippen LogP contribution in [0.25, 0.3) is 0 Å². The van der Waals surface area contributed by atoms with Crippen molar-refractivity contribution in [2.24, 2.45) is 0 Å². The van der Waals surface area contributed by atoms with Crippen LogP contribution < -0.4 is 4.74 Å². The topological polar surface area (TPSA) is 66.8 Å². The fourth-order valence-electron chi connectivity index (χ4n) is 1.73. The van der Waals surface area contributed by atoms with Crippen LogP contribution >= 0.6 is 0 Å². The molecule has 0 bridgehead atoms. The highest BCUT2D eigenvalue weighted by Gasteiger charge is 2.15. The second-order valence-electron chi connectivity index (χ2n) is 4.40. The second kappa shape index (κ2) is 8.19. The van der Waals surface area contributed by atoms with Crippen molar-refractivity contribution in [2.75, 3.05) is 19.7 Å². The predicted octanol–water partition coefficient (Wildman–Crippen LogP) is 2.41. The fraction of sp³-hybridized carbons (Fsp3) is 0.467. The first-order valence-corrected chi connectivity index (χ1v) is 6.82. The number of aliphatic carboxylic acids is 1. The van der Waals surface area contributed by atoms with E-state index in [4.69, 9.17) is 9.84 Å². The number of carboxylic acid groups (broad SMARTS) is 1. The van der Waals surface area contributed by atoms with Crippen LogP contribution in [-0.4, -0.2) is 41.6 Å². The quantitative estimate of drug-likeness (QED) is 0.793. The zero-order chi connectivity index (χ0) is 15.0. The molecule has 0 aliphatic rings. The molecule has 0 atom stereocenters. The lowest BCUT2D eigenvalue weighted by Gasteiger charge is -2.20. The largest absolute Gasteiger partial charge is 0.494 e. The van der Waals surface area contributed by atoms with Crippen molar-refractivity contribution in [1.29, 1.82) is 0 Å². The molecular weight excluding hydrogens is 258 g/mol. The van der Waals surface area contributed by atoms with Gasteiger partial charge >= 0.3 is 5.97 Å². The first-order valence-electron chi connectivity index (χ1n) is 6.82. The highest BCUT2D eigenvalue weighted by Crippen LogP contribution is 2.14. The molecular formula is C15H21NO4. The average molecular weight is 279 g/mol. The van der Waals surface area contributed by atoms with Gasteiger partial charge in [-0.25, -0.2) is 0 Å². The molecule has 0 spiro atoms. The maximum atomic E-state index is 12.2. The van der Waals surface area contributed by atoms with Crippen molar-refractivity contribution in [2.45, 2.75) is 26.7 Å². The Morgan fingerprint density at radius 1 is 1.20 bits per heavy atom. The molecule has 1 amide bonds. The van der Waals surface area contributed by atoms with E-state index in [0.717, 1.165) is 12.2 Å². The Labute approximate surface area is 119 Å². The third kappa shape index (κ3) is 4.91. The Kier molecular flexibility index (Phi) is 6.56. The molecule has 0 aliphatic carbocycles. The van der Waals surface area contributed by atoms with Crippen molar-refractivity contribution < 1.29 is 19.4 Å². The van der Waals surface area contributed by atoms with Gasteiger partial charge in [0.2, 0.25) is 0 Å². The molecule has 0 radical (unpaired) electrons. The van der Waals surface area contributed by atoms with Gasteiger partial charge in [-0.05, 0) is 37.6 Å². The van der Waals surface area contributed by atoms with E-state index in [0.29, 0.717) is 18.7 Å². The molecule has 1 aromatic carbocycles.